The van der Waals surface area contributed by atoms with Crippen LogP contribution in [0.2, 0.25) is 5.02 Å². The smallest absolute Gasteiger partial charge is 0.352 e. The van der Waals surface area contributed by atoms with Gasteiger partial charge in [0.05, 0.1) is 0 Å². The van der Waals surface area contributed by atoms with Gasteiger partial charge in [-0.2, -0.15) is 0 Å². The summed E-state index contributed by atoms with van der Waals surface area (Å²) in [6.45, 7) is 2.25. The largest absolute Gasteiger partial charge is 0.477 e. The van der Waals surface area contributed by atoms with E-state index < -0.39 is 5.97 Å². The predicted molar refractivity (Wildman–Crippen MR) is 66.7 cm³/mol. The monoisotopic (exact) mass is 249 g/mol. The summed E-state index contributed by atoms with van der Waals surface area (Å²) in [6, 6.07) is 9.22. The number of hydrogen-bond donors (Lipinski definition) is 1. The Labute approximate surface area is 104 Å². The van der Waals surface area contributed by atoms with Crippen LogP contribution in [0.25, 0.3) is 0 Å². The summed E-state index contributed by atoms with van der Waals surface area (Å²) in [5, 5.41) is 9.78. The highest BCUT2D eigenvalue weighted by atomic mass is 35.5. The summed E-state index contributed by atoms with van der Waals surface area (Å²) in [5.74, 6) is -0.917. The first-order valence-electron chi connectivity index (χ1n) is 5.22. The van der Waals surface area contributed by atoms with Crippen LogP contribution in [-0.2, 0) is 6.54 Å². The van der Waals surface area contributed by atoms with E-state index >= 15 is 0 Å². The van der Waals surface area contributed by atoms with Crippen molar-refractivity contribution in [1.82, 2.24) is 4.57 Å². The molecule has 3 nitrogen and oxygen atoms in total. The zero-order valence-corrected chi connectivity index (χ0v) is 10.1. The zero-order chi connectivity index (χ0) is 12.4. The van der Waals surface area contributed by atoms with Crippen molar-refractivity contribution in [2.24, 2.45) is 0 Å². The van der Waals surface area contributed by atoms with Gasteiger partial charge in [-0.05, 0) is 30.2 Å². The Morgan fingerprint density at radius 3 is 2.71 bits per heavy atom. The number of aromatic nitrogens is 1. The molecule has 0 saturated carbocycles. The normalized spacial score (nSPS) is 10.5. The minimum absolute atomic E-state index is 0.310. The quantitative estimate of drug-likeness (QED) is 0.908. The lowest BCUT2D eigenvalue weighted by Gasteiger charge is -2.08. The van der Waals surface area contributed by atoms with Crippen molar-refractivity contribution in [2.45, 2.75) is 13.5 Å². The van der Waals surface area contributed by atoms with Crippen LogP contribution in [0.4, 0.5) is 0 Å². The number of rotatable bonds is 3. The van der Waals surface area contributed by atoms with Crippen molar-refractivity contribution in [3.8, 4) is 0 Å². The van der Waals surface area contributed by atoms with E-state index in [0.29, 0.717) is 17.3 Å². The number of halogens is 1. The van der Waals surface area contributed by atoms with Crippen molar-refractivity contribution in [2.75, 3.05) is 0 Å². The van der Waals surface area contributed by atoms with Crippen molar-refractivity contribution in [1.29, 1.82) is 0 Å². The molecule has 2 aromatic rings. The molecular weight excluding hydrogens is 238 g/mol. The first kappa shape index (κ1) is 11.7. The van der Waals surface area contributed by atoms with Crippen LogP contribution in [0.1, 0.15) is 21.6 Å². The van der Waals surface area contributed by atoms with Gasteiger partial charge < -0.3 is 9.67 Å². The zero-order valence-electron chi connectivity index (χ0n) is 9.35. The molecule has 0 fully saturated rings. The van der Waals surface area contributed by atoms with Crippen LogP contribution < -0.4 is 0 Å². The maximum Gasteiger partial charge on any atom is 0.352 e. The Hall–Kier alpha value is -1.74. The Morgan fingerprint density at radius 1 is 1.35 bits per heavy atom. The van der Waals surface area contributed by atoms with Gasteiger partial charge >= 0.3 is 5.97 Å². The van der Waals surface area contributed by atoms with E-state index in [2.05, 4.69) is 0 Å². The number of carboxylic acids is 1. The minimum Gasteiger partial charge on any atom is -0.477 e. The van der Waals surface area contributed by atoms with Crippen LogP contribution in [-0.4, -0.2) is 15.6 Å². The maximum atomic E-state index is 11.1. The second-order valence-corrected chi connectivity index (χ2v) is 4.28. The molecule has 2 rings (SSSR count). The molecule has 17 heavy (non-hydrogen) atoms. The molecule has 1 heterocycles. The molecular formula is C13H12ClNO2. The van der Waals surface area contributed by atoms with E-state index in [1.807, 2.05) is 18.2 Å². The molecule has 4 heteroatoms. The molecule has 0 atom stereocenters. The topological polar surface area (TPSA) is 42.2 Å². The van der Waals surface area contributed by atoms with E-state index in [1.54, 1.807) is 29.8 Å². The summed E-state index contributed by atoms with van der Waals surface area (Å²) >= 11 is 6.05. The van der Waals surface area contributed by atoms with E-state index in [-0.39, 0.29) is 0 Å². The molecule has 0 saturated heterocycles. The lowest BCUT2D eigenvalue weighted by atomic mass is 10.2. The summed E-state index contributed by atoms with van der Waals surface area (Å²) in [5.41, 5.74) is 1.97. The molecule has 0 aliphatic carbocycles. The van der Waals surface area contributed by atoms with Gasteiger partial charge in [-0.15, -0.1) is 0 Å². The fourth-order valence-corrected chi connectivity index (χ4v) is 2.01. The second-order valence-electron chi connectivity index (χ2n) is 3.87. The predicted octanol–water partition coefficient (Wildman–Crippen LogP) is 3.20. The van der Waals surface area contributed by atoms with Crippen LogP contribution in [0.3, 0.4) is 0 Å². The molecule has 0 radical (unpaired) electrons. The van der Waals surface area contributed by atoms with Gasteiger partial charge in [0.15, 0.2) is 0 Å². The Kier molecular flexibility index (Phi) is 3.20. The first-order chi connectivity index (χ1) is 8.09. The fraction of sp³-hybridized carbons (Fsp3) is 0.154. The third-order valence-corrected chi connectivity index (χ3v) is 3.04. The Balaban J connectivity index is 2.37. The lowest BCUT2D eigenvalue weighted by Crippen LogP contribution is -2.10. The molecule has 0 bridgehead atoms. The van der Waals surface area contributed by atoms with Gasteiger partial charge in [0.25, 0.3) is 0 Å². The maximum absolute atomic E-state index is 11.1. The standard InChI is InChI=1S/C13H12ClNO2/c1-9-6-7-15(12(9)13(16)17)8-10-4-2-3-5-11(10)14/h2-7H,8H2,1H3,(H,16,17). The third-order valence-electron chi connectivity index (χ3n) is 2.67. The highest BCUT2D eigenvalue weighted by molar-refractivity contribution is 6.31. The minimum atomic E-state index is -0.917. The van der Waals surface area contributed by atoms with Crippen LogP contribution in [0.15, 0.2) is 36.5 Å². The molecule has 0 unspecified atom stereocenters. The summed E-state index contributed by atoms with van der Waals surface area (Å²) in [6.07, 6.45) is 1.77. The summed E-state index contributed by atoms with van der Waals surface area (Å²) < 4.78 is 1.69. The van der Waals surface area contributed by atoms with Crippen molar-refractivity contribution in [3.05, 3.63) is 58.4 Å². The average molecular weight is 250 g/mol. The average Bonchev–Trinajstić information content (AvgIpc) is 2.63. The van der Waals surface area contributed by atoms with Gasteiger partial charge in [-0.3, -0.25) is 0 Å². The Bertz CT molecular complexity index is 560. The van der Waals surface area contributed by atoms with Gasteiger partial charge in [0.2, 0.25) is 0 Å². The highest BCUT2D eigenvalue weighted by Gasteiger charge is 2.13. The number of aryl methyl sites for hydroxylation is 1. The number of carbonyl (C=O) groups is 1. The fourth-order valence-electron chi connectivity index (χ4n) is 1.82. The van der Waals surface area contributed by atoms with Crippen molar-refractivity contribution in [3.63, 3.8) is 0 Å². The Morgan fingerprint density at radius 2 is 2.06 bits per heavy atom. The summed E-state index contributed by atoms with van der Waals surface area (Å²) in [7, 11) is 0. The van der Waals surface area contributed by atoms with E-state index in [9.17, 15) is 4.79 Å². The highest BCUT2D eigenvalue weighted by Crippen LogP contribution is 2.18. The summed E-state index contributed by atoms with van der Waals surface area (Å²) in [4.78, 5) is 11.1. The molecule has 1 aromatic carbocycles. The second kappa shape index (κ2) is 4.63. The third kappa shape index (κ3) is 2.34. The number of nitrogens with zero attached hydrogens (tertiary/aromatic N) is 1. The molecule has 88 valence electrons. The number of hydrogen-bond acceptors (Lipinski definition) is 1. The van der Waals surface area contributed by atoms with Gasteiger partial charge in [0, 0.05) is 17.8 Å². The van der Waals surface area contributed by atoms with Crippen LogP contribution in [0, 0.1) is 6.92 Å². The van der Waals surface area contributed by atoms with Crippen molar-refractivity contribution < 1.29 is 9.90 Å². The van der Waals surface area contributed by atoms with Crippen molar-refractivity contribution >= 4 is 17.6 Å². The van der Waals surface area contributed by atoms with Crippen LogP contribution >= 0.6 is 11.6 Å². The molecule has 1 aromatic heterocycles. The molecule has 0 aliphatic rings. The van der Waals surface area contributed by atoms with Crippen LogP contribution in [0.5, 0.6) is 0 Å². The molecule has 0 amide bonds. The number of aromatic carboxylic acids is 1. The molecule has 0 spiro atoms. The van der Waals surface area contributed by atoms with E-state index in [4.69, 9.17) is 16.7 Å². The van der Waals surface area contributed by atoms with Gasteiger partial charge in [0.1, 0.15) is 5.69 Å². The lowest BCUT2D eigenvalue weighted by molar-refractivity contribution is 0.0685. The number of benzene rings is 1. The molecule has 1 N–H and O–H groups in total. The first-order valence-corrected chi connectivity index (χ1v) is 5.60. The van der Waals surface area contributed by atoms with E-state index in [1.165, 1.54) is 0 Å². The molecule has 0 aliphatic heterocycles. The van der Waals surface area contributed by atoms with Gasteiger partial charge in [-0.1, -0.05) is 29.8 Å². The number of carboxylic acid groups (broad SMARTS) is 1. The van der Waals surface area contributed by atoms with E-state index in [0.717, 1.165) is 11.1 Å². The van der Waals surface area contributed by atoms with Gasteiger partial charge in [-0.25, -0.2) is 4.79 Å². The SMILES string of the molecule is Cc1ccn(Cc2ccccc2Cl)c1C(=O)O.